The van der Waals surface area contributed by atoms with Crippen LogP contribution in [0.15, 0.2) is 18.2 Å². The van der Waals surface area contributed by atoms with Gasteiger partial charge in [-0.1, -0.05) is 10.7 Å². The Labute approximate surface area is 90.1 Å². The van der Waals surface area contributed by atoms with Crippen molar-refractivity contribution in [3.05, 3.63) is 29.8 Å². The fourth-order valence-electron chi connectivity index (χ4n) is 0.820. The van der Waals surface area contributed by atoms with Crippen LogP contribution in [0.25, 0.3) is 0 Å². The fraction of sp³-hybridized carbons (Fsp3) is 0.250. The lowest BCUT2D eigenvalue weighted by Gasteiger charge is -2.10. The first kappa shape index (κ1) is 13.1. The zero-order chi connectivity index (χ0) is 12.2. The molecule has 90 valence electrons. The summed E-state index contributed by atoms with van der Waals surface area (Å²) < 4.78 is 44.8. The zero-order valence-corrected chi connectivity index (χ0v) is 9.12. The van der Waals surface area contributed by atoms with E-state index < -0.39 is 25.2 Å². The van der Waals surface area contributed by atoms with Gasteiger partial charge in [-0.3, -0.25) is 4.52 Å². The van der Waals surface area contributed by atoms with Crippen molar-refractivity contribution in [1.29, 1.82) is 0 Å². The van der Waals surface area contributed by atoms with Crippen LogP contribution < -0.4 is 4.89 Å². The minimum Gasteiger partial charge on any atom is -0.324 e. The van der Waals surface area contributed by atoms with Crippen molar-refractivity contribution in [2.75, 3.05) is 6.61 Å². The van der Waals surface area contributed by atoms with Crippen molar-refractivity contribution in [3.8, 4) is 5.75 Å². The molecule has 1 aromatic rings. The van der Waals surface area contributed by atoms with Gasteiger partial charge < -0.3 is 9.78 Å². The molecular weight excluding hydrogens is 245 g/mol. The molecule has 0 fully saturated rings. The Balaban J connectivity index is 2.68. The molecule has 0 aliphatic rings. The quantitative estimate of drug-likeness (QED) is 0.496. The van der Waals surface area contributed by atoms with Gasteiger partial charge in [-0.15, -0.1) is 0 Å². The van der Waals surface area contributed by atoms with Crippen LogP contribution in [0, 0.1) is 11.6 Å². The van der Waals surface area contributed by atoms with Gasteiger partial charge in [-0.05, 0) is 19.1 Å². The molecular formula is C8H9F2O5P. The molecule has 0 radical (unpaired) electrons. The molecule has 0 aliphatic carbocycles. The van der Waals surface area contributed by atoms with Crippen molar-refractivity contribution in [2.45, 2.75) is 6.92 Å². The molecule has 1 N–H and O–H groups in total. The summed E-state index contributed by atoms with van der Waals surface area (Å²) in [5.41, 5.74) is 0. The standard InChI is InChI=1S/C8H9F2O5P/c1-2-13-16(11,12)15-14-7-5-3-4-6(9)8(7)10/h3-5H,2H2,1H3,(H,11,12). The van der Waals surface area contributed by atoms with Crippen LogP contribution in [0.1, 0.15) is 6.92 Å². The van der Waals surface area contributed by atoms with Crippen LogP contribution >= 0.6 is 7.82 Å². The molecule has 5 nitrogen and oxygen atoms in total. The molecule has 8 heteroatoms. The predicted octanol–water partition coefficient (Wildman–Crippen LogP) is 2.41. The van der Waals surface area contributed by atoms with Crippen molar-refractivity contribution < 1.29 is 32.3 Å². The Hall–Kier alpha value is -1.01. The van der Waals surface area contributed by atoms with Gasteiger partial charge in [-0.2, -0.15) is 4.39 Å². The Bertz CT molecular complexity index is 411. The molecule has 0 bridgehead atoms. The lowest BCUT2D eigenvalue weighted by Crippen LogP contribution is -2.01. The molecule has 1 aromatic carbocycles. The maximum absolute atomic E-state index is 13.0. The van der Waals surface area contributed by atoms with Gasteiger partial charge in [0.2, 0.25) is 11.6 Å². The molecule has 0 saturated heterocycles. The summed E-state index contributed by atoms with van der Waals surface area (Å²) in [6.45, 7) is 1.36. The number of benzene rings is 1. The van der Waals surface area contributed by atoms with E-state index in [0.717, 1.165) is 18.2 Å². The molecule has 0 heterocycles. The first-order chi connectivity index (χ1) is 7.46. The fourth-order valence-corrected chi connectivity index (χ4v) is 1.36. The van der Waals surface area contributed by atoms with Gasteiger partial charge in [0.1, 0.15) is 0 Å². The predicted molar refractivity (Wildman–Crippen MR) is 49.5 cm³/mol. The number of hydrogen-bond donors (Lipinski definition) is 1. The zero-order valence-electron chi connectivity index (χ0n) is 8.22. The van der Waals surface area contributed by atoms with Crippen molar-refractivity contribution in [1.82, 2.24) is 0 Å². The summed E-state index contributed by atoms with van der Waals surface area (Å²) in [4.78, 5) is 13.1. The van der Waals surface area contributed by atoms with Gasteiger partial charge in [-0.25, -0.2) is 8.96 Å². The van der Waals surface area contributed by atoms with Gasteiger partial charge in [0, 0.05) is 0 Å². The maximum Gasteiger partial charge on any atom is 0.508 e. The van der Waals surface area contributed by atoms with E-state index in [-0.39, 0.29) is 6.61 Å². The van der Waals surface area contributed by atoms with Crippen LogP contribution in [-0.4, -0.2) is 11.5 Å². The van der Waals surface area contributed by atoms with E-state index >= 15 is 0 Å². The third kappa shape index (κ3) is 3.53. The van der Waals surface area contributed by atoms with E-state index in [1.807, 2.05) is 0 Å². The van der Waals surface area contributed by atoms with Crippen LogP contribution in [0.2, 0.25) is 0 Å². The summed E-state index contributed by atoms with van der Waals surface area (Å²) in [6.07, 6.45) is 0. The lowest BCUT2D eigenvalue weighted by atomic mass is 10.3. The Morgan fingerprint density at radius 3 is 2.75 bits per heavy atom. The normalized spacial score (nSPS) is 14.5. The van der Waals surface area contributed by atoms with Gasteiger partial charge in [0.25, 0.3) is 0 Å². The minimum atomic E-state index is -4.40. The van der Waals surface area contributed by atoms with Gasteiger partial charge in [0.05, 0.1) is 6.61 Å². The second-order valence-electron chi connectivity index (χ2n) is 2.60. The molecule has 1 rings (SSSR count). The Kier molecular flexibility index (Phi) is 4.37. The highest BCUT2D eigenvalue weighted by Crippen LogP contribution is 2.43. The molecule has 0 spiro atoms. The van der Waals surface area contributed by atoms with Crippen LogP contribution in [0.4, 0.5) is 8.78 Å². The topological polar surface area (TPSA) is 65.0 Å². The average molecular weight is 254 g/mol. The number of rotatable bonds is 5. The highest BCUT2D eigenvalue weighted by atomic mass is 31.2. The molecule has 0 saturated carbocycles. The van der Waals surface area contributed by atoms with Crippen LogP contribution in [-0.2, 0) is 13.8 Å². The van der Waals surface area contributed by atoms with E-state index in [4.69, 9.17) is 4.89 Å². The smallest absolute Gasteiger partial charge is 0.324 e. The number of halogens is 2. The molecule has 0 amide bonds. The van der Waals surface area contributed by atoms with Crippen molar-refractivity contribution in [2.24, 2.45) is 0 Å². The van der Waals surface area contributed by atoms with E-state index in [0.29, 0.717) is 0 Å². The van der Waals surface area contributed by atoms with Gasteiger partial charge in [0.15, 0.2) is 5.82 Å². The monoisotopic (exact) mass is 254 g/mol. The van der Waals surface area contributed by atoms with E-state index in [1.165, 1.54) is 6.92 Å². The summed E-state index contributed by atoms with van der Waals surface area (Å²) >= 11 is 0. The number of hydrogen-bond acceptors (Lipinski definition) is 4. The first-order valence-corrected chi connectivity index (χ1v) is 5.73. The molecule has 0 aromatic heterocycles. The lowest BCUT2D eigenvalue weighted by molar-refractivity contribution is -0.130. The third-order valence-corrected chi connectivity index (χ3v) is 2.28. The van der Waals surface area contributed by atoms with Crippen molar-refractivity contribution in [3.63, 3.8) is 0 Å². The number of phosphoric acid groups is 1. The van der Waals surface area contributed by atoms with Gasteiger partial charge >= 0.3 is 7.82 Å². The highest BCUT2D eigenvalue weighted by molar-refractivity contribution is 7.47. The Morgan fingerprint density at radius 1 is 1.44 bits per heavy atom. The number of phosphoric ester groups is 1. The molecule has 1 unspecified atom stereocenters. The molecule has 1 atom stereocenters. The molecule has 16 heavy (non-hydrogen) atoms. The first-order valence-electron chi connectivity index (χ1n) is 4.24. The summed E-state index contributed by atoms with van der Waals surface area (Å²) in [5.74, 6) is -3.13. The van der Waals surface area contributed by atoms with E-state index in [2.05, 4.69) is 14.1 Å². The van der Waals surface area contributed by atoms with Crippen LogP contribution in [0.3, 0.4) is 0 Å². The SMILES string of the molecule is CCOP(=O)(O)OOc1cccc(F)c1F. The third-order valence-electron chi connectivity index (χ3n) is 1.43. The molecule has 0 aliphatic heterocycles. The van der Waals surface area contributed by atoms with E-state index in [1.54, 1.807) is 0 Å². The van der Waals surface area contributed by atoms with Crippen molar-refractivity contribution >= 4 is 7.82 Å². The Morgan fingerprint density at radius 2 is 2.12 bits per heavy atom. The highest BCUT2D eigenvalue weighted by Gasteiger charge is 2.23. The second-order valence-corrected chi connectivity index (χ2v) is 3.94. The van der Waals surface area contributed by atoms with E-state index in [9.17, 15) is 13.3 Å². The minimum absolute atomic E-state index is 0.0945. The average Bonchev–Trinajstić information content (AvgIpc) is 2.20. The largest absolute Gasteiger partial charge is 0.508 e. The summed E-state index contributed by atoms with van der Waals surface area (Å²) in [7, 11) is -4.40. The second kappa shape index (κ2) is 5.36. The summed E-state index contributed by atoms with van der Waals surface area (Å²) in [6, 6.07) is 3.05. The summed E-state index contributed by atoms with van der Waals surface area (Å²) in [5, 5.41) is 0. The van der Waals surface area contributed by atoms with Crippen LogP contribution in [0.5, 0.6) is 5.75 Å². The maximum atomic E-state index is 13.0.